The van der Waals surface area contributed by atoms with E-state index in [1.54, 1.807) is 0 Å². The van der Waals surface area contributed by atoms with Gasteiger partial charge in [0.05, 0.1) is 0 Å². The van der Waals surface area contributed by atoms with Crippen LogP contribution in [-0.4, -0.2) is 61.6 Å². The number of halogens is 1. The van der Waals surface area contributed by atoms with Gasteiger partial charge in [-0.1, -0.05) is 15.9 Å². The molecule has 1 heterocycles. The van der Waals surface area contributed by atoms with Gasteiger partial charge in [0.1, 0.15) is 0 Å². The molecule has 7 heteroatoms. The van der Waals surface area contributed by atoms with Gasteiger partial charge in [0.2, 0.25) is 0 Å². The monoisotopic (exact) mass is 516 g/mol. The maximum atomic E-state index is 13.2. The molecule has 0 bridgehead atoms. The first-order valence-electron chi connectivity index (χ1n) is 11.9. The third-order valence-electron chi connectivity index (χ3n) is 7.05. The van der Waals surface area contributed by atoms with Crippen LogP contribution >= 0.6 is 15.9 Å². The van der Waals surface area contributed by atoms with Crippen molar-refractivity contribution in [3.05, 3.63) is 39.0 Å². The number of anilines is 1. The molecule has 1 amide bonds. The summed E-state index contributed by atoms with van der Waals surface area (Å²) in [5.74, 6) is -0.126. The second-order valence-corrected chi connectivity index (χ2v) is 10.4. The Morgan fingerprint density at radius 2 is 1.76 bits per heavy atom. The number of amides is 1. The van der Waals surface area contributed by atoms with Crippen molar-refractivity contribution in [2.24, 2.45) is 4.99 Å². The number of ketones is 1. The minimum atomic E-state index is -0.165. The summed E-state index contributed by atoms with van der Waals surface area (Å²) in [6.45, 7) is 8.99. The van der Waals surface area contributed by atoms with Gasteiger partial charge in [-0.25, -0.2) is 0 Å². The van der Waals surface area contributed by atoms with Crippen LogP contribution in [0.3, 0.4) is 0 Å². The summed E-state index contributed by atoms with van der Waals surface area (Å²) in [7, 11) is 4.33. The van der Waals surface area contributed by atoms with E-state index >= 15 is 0 Å². The third-order valence-corrected chi connectivity index (χ3v) is 7.51. The van der Waals surface area contributed by atoms with E-state index in [2.05, 4.69) is 63.1 Å². The number of Topliss-reactive ketones (excluding diaryl/α,β-unsaturated/α-hetero) is 1. The number of hydrogen-bond donors (Lipinski definition) is 1. The van der Waals surface area contributed by atoms with Crippen LogP contribution in [-0.2, 0) is 4.79 Å². The van der Waals surface area contributed by atoms with Gasteiger partial charge in [0, 0.05) is 64.3 Å². The average Bonchev–Trinajstić information content (AvgIpc) is 2.75. The van der Waals surface area contributed by atoms with Crippen LogP contribution in [0.4, 0.5) is 5.69 Å². The number of rotatable bonds is 7. The van der Waals surface area contributed by atoms with Gasteiger partial charge in [-0.3, -0.25) is 14.6 Å². The fraction of sp³-hybridized carbons (Fsp3) is 0.577. The van der Waals surface area contributed by atoms with Crippen molar-refractivity contribution in [1.29, 1.82) is 0 Å². The fourth-order valence-corrected chi connectivity index (χ4v) is 5.58. The minimum absolute atomic E-state index is 0.0393. The molecular formula is C26H37BrN4O2. The normalized spacial score (nSPS) is 21.3. The minimum Gasteiger partial charge on any atom is -0.369 e. The lowest BCUT2D eigenvalue weighted by atomic mass is 9.89. The van der Waals surface area contributed by atoms with Crippen molar-refractivity contribution in [3.63, 3.8) is 0 Å². The van der Waals surface area contributed by atoms with Crippen LogP contribution in [0.1, 0.15) is 68.8 Å². The summed E-state index contributed by atoms with van der Waals surface area (Å²) >= 11 is 3.62. The fourth-order valence-electron chi connectivity index (χ4n) is 5.13. The lowest BCUT2D eigenvalue weighted by molar-refractivity contribution is -0.114. The molecule has 6 nitrogen and oxygen atoms in total. The lowest BCUT2D eigenvalue weighted by Gasteiger charge is -2.40. The number of aliphatic imine (C=N–C) groups is 1. The Kier molecular flexibility index (Phi) is 8.51. The topological polar surface area (TPSA) is 65.0 Å². The highest BCUT2D eigenvalue weighted by Gasteiger charge is 2.28. The summed E-state index contributed by atoms with van der Waals surface area (Å²) in [5, 5.41) is 2.96. The van der Waals surface area contributed by atoms with Crippen LogP contribution < -0.4 is 10.2 Å². The van der Waals surface area contributed by atoms with Crippen molar-refractivity contribution in [3.8, 4) is 0 Å². The molecule has 0 unspecified atom stereocenters. The number of benzene rings is 1. The predicted octanol–water partition coefficient (Wildman–Crippen LogP) is 4.89. The summed E-state index contributed by atoms with van der Waals surface area (Å²) < 4.78 is 0.887. The van der Waals surface area contributed by atoms with E-state index in [4.69, 9.17) is 0 Å². The number of nitrogens with zero attached hydrogens (tertiary/aromatic N) is 3. The molecule has 180 valence electrons. The Labute approximate surface area is 206 Å². The van der Waals surface area contributed by atoms with Crippen LogP contribution in [0.15, 0.2) is 32.9 Å². The van der Waals surface area contributed by atoms with Gasteiger partial charge >= 0.3 is 0 Å². The largest absolute Gasteiger partial charge is 0.369 e. The predicted molar refractivity (Wildman–Crippen MR) is 139 cm³/mol. The maximum Gasteiger partial charge on any atom is 0.251 e. The first-order chi connectivity index (χ1) is 15.6. The van der Waals surface area contributed by atoms with Crippen LogP contribution in [0.5, 0.6) is 0 Å². The van der Waals surface area contributed by atoms with Crippen molar-refractivity contribution >= 4 is 39.0 Å². The smallest absolute Gasteiger partial charge is 0.251 e. The second kappa shape index (κ2) is 11.0. The summed E-state index contributed by atoms with van der Waals surface area (Å²) in [4.78, 5) is 34.8. The van der Waals surface area contributed by atoms with Gasteiger partial charge < -0.3 is 15.1 Å². The molecule has 2 aliphatic rings. The van der Waals surface area contributed by atoms with Gasteiger partial charge in [-0.15, -0.1) is 0 Å². The molecule has 3 rings (SSSR count). The van der Waals surface area contributed by atoms with E-state index in [0.717, 1.165) is 40.8 Å². The molecule has 1 aliphatic carbocycles. The quantitative estimate of drug-likeness (QED) is 0.559. The first-order valence-corrected chi connectivity index (χ1v) is 12.7. The first kappa shape index (κ1) is 25.6. The molecule has 0 atom stereocenters. The molecule has 0 aromatic heterocycles. The number of allylic oxidation sites excluding steroid dienone is 1. The molecule has 1 saturated carbocycles. The molecule has 1 N–H and O–H groups in total. The Bertz CT molecular complexity index is 975. The second-order valence-electron chi connectivity index (χ2n) is 9.50. The molecule has 0 radical (unpaired) electrons. The zero-order valence-electron chi connectivity index (χ0n) is 20.8. The lowest BCUT2D eigenvalue weighted by Crippen LogP contribution is -2.42. The van der Waals surface area contributed by atoms with Crippen molar-refractivity contribution in [2.45, 2.75) is 71.9 Å². The Hall–Kier alpha value is -1.99. The zero-order valence-corrected chi connectivity index (χ0v) is 22.4. The SMILES string of the molecule is CCN(c1cc(Br)cc(C(=O)NCC2=C(C)N=C(C)CC2=O)c1C)C1CCC(N(C)C)CC1. The maximum absolute atomic E-state index is 13.2. The molecule has 1 aliphatic heterocycles. The van der Waals surface area contributed by atoms with Crippen LogP contribution in [0, 0.1) is 6.92 Å². The van der Waals surface area contributed by atoms with Crippen LogP contribution in [0.25, 0.3) is 0 Å². The summed E-state index contributed by atoms with van der Waals surface area (Å²) in [6, 6.07) is 5.13. The van der Waals surface area contributed by atoms with E-state index in [9.17, 15) is 9.59 Å². The highest BCUT2D eigenvalue weighted by Crippen LogP contribution is 2.34. The Morgan fingerprint density at radius 1 is 1.12 bits per heavy atom. The summed E-state index contributed by atoms with van der Waals surface area (Å²) in [5.41, 5.74) is 4.83. The Balaban J connectivity index is 1.79. The average molecular weight is 518 g/mol. The zero-order chi connectivity index (χ0) is 24.3. The van der Waals surface area contributed by atoms with Crippen molar-refractivity contribution in [1.82, 2.24) is 10.2 Å². The van der Waals surface area contributed by atoms with Gasteiger partial charge in [-0.2, -0.15) is 0 Å². The molecule has 0 saturated heterocycles. The molecule has 1 aromatic rings. The number of carbonyl (C=O) groups excluding carboxylic acids is 2. The number of carbonyl (C=O) groups is 2. The Morgan fingerprint density at radius 3 is 2.33 bits per heavy atom. The molecule has 1 fully saturated rings. The molecular weight excluding hydrogens is 480 g/mol. The van der Waals surface area contributed by atoms with Gasteiger partial charge in [0.15, 0.2) is 5.78 Å². The van der Waals surface area contributed by atoms with Crippen molar-refractivity contribution in [2.75, 3.05) is 32.1 Å². The van der Waals surface area contributed by atoms with E-state index in [1.807, 2.05) is 26.8 Å². The van der Waals surface area contributed by atoms with E-state index in [-0.39, 0.29) is 18.2 Å². The van der Waals surface area contributed by atoms with Crippen LogP contribution in [0.2, 0.25) is 0 Å². The van der Waals surface area contributed by atoms with Gasteiger partial charge in [0.25, 0.3) is 5.91 Å². The molecule has 33 heavy (non-hydrogen) atoms. The molecule has 0 spiro atoms. The van der Waals surface area contributed by atoms with E-state index < -0.39 is 0 Å². The number of nitrogens with one attached hydrogen (secondary N) is 1. The van der Waals surface area contributed by atoms with Gasteiger partial charge in [-0.05, 0) is 85.2 Å². The van der Waals surface area contributed by atoms with E-state index in [1.165, 1.54) is 12.8 Å². The molecule has 1 aromatic carbocycles. The third kappa shape index (κ3) is 5.93. The van der Waals surface area contributed by atoms with Crippen molar-refractivity contribution < 1.29 is 9.59 Å². The highest BCUT2D eigenvalue weighted by atomic mass is 79.9. The van der Waals surface area contributed by atoms with E-state index in [0.29, 0.717) is 35.3 Å². The summed E-state index contributed by atoms with van der Waals surface area (Å²) in [6.07, 6.45) is 5.02. The standard InChI is InChI=1S/C26H37BrN4O2/c1-7-31(21-10-8-20(9-11-21)30(5)6)24-14-19(27)13-22(17(24)3)26(33)28-15-23-18(4)29-16(2)12-25(23)32/h13-14,20-21H,7-12,15H2,1-6H3,(H,28,33). The number of hydrogen-bond acceptors (Lipinski definition) is 5. The highest BCUT2D eigenvalue weighted by molar-refractivity contribution is 9.10.